The van der Waals surface area contributed by atoms with Gasteiger partial charge in [0.05, 0.1) is 11.4 Å². The van der Waals surface area contributed by atoms with Crippen molar-refractivity contribution in [2.45, 2.75) is 40.7 Å². The van der Waals surface area contributed by atoms with Crippen LogP contribution in [0, 0.1) is 27.7 Å². The van der Waals surface area contributed by atoms with E-state index < -0.39 is 0 Å². The molecule has 1 saturated heterocycles. The molecule has 4 amide bonds. The van der Waals surface area contributed by atoms with Gasteiger partial charge in [-0.1, -0.05) is 53.1 Å². The molecule has 3 aromatic carbocycles. The van der Waals surface area contributed by atoms with E-state index in [4.69, 9.17) is 0 Å². The van der Waals surface area contributed by atoms with Gasteiger partial charge in [-0.05, 0) is 69.5 Å². The van der Waals surface area contributed by atoms with Crippen LogP contribution in [0.1, 0.15) is 34.2 Å². The van der Waals surface area contributed by atoms with Gasteiger partial charge < -0.3 is 15.5 Å². The molecule has 34 heavy (non-hydrogen) atoms. The average molecular weight is 457 g/mol. The number of anilines is 3. The van der Waals surface area contributed by atoms with Crippen LogP contribution in [-0.2, 0) is 6.54 Å². The molecule has 1 aliphatic rings. The van der Waals surface area contributed by atoms with Gasteiger partial charge >= 0.3 is 12.1 Å². The zero-order valence-electron chi connectivity index (χ0n) is 20.3. The van der Waals surface area contributed by atoms with E-state index in [0.717, 1.165) is 23.1 Å². The summed E-state index contributed by atoms with van der Waals surface area (Å²) < 4.78 is 0. The Morgan fingerprint density at radius 3 is 2.18 bits per heavy atom. The molecule has 0 aromatic heterocycles. The van der Waals surface area contributed by atoms with E-state index >= 15 is 0 Å². The van der Waals surface area contributed by atoms with Gasteiger partial charge in [-0.2, -0.15) is 0 Å². The van der Waals surface area contributed by atoms with Gasteiger partial charge in [0.2, 0.25) is 0 Å². The number of aryl methyl sites for hydroxylation is 4. The lowest BCUT2D eigenvalue weighted by Crippen LogP contribution is -2.49. The molecule has 1 heterocycles. The maximum atomic E-state index is 13.5. The predicted octanol–water partition coefficient (Wildman–Crippen LogP) is 6.40. The zero-order valence-corrected chi connectivity index (χ0v) is 20.3. The second-order valence-electron chi connectivity index (χ2n) is 9.17. The van der Waals surface area contributed by atoms with Gasteiger partial charge in [0.1, 0.15) is 0 Å². The second-order valence-corrected chi connectivity index (χ2v) is 9.17. The first-order valence-corrected chi connectivity index (χ1v) is 11.7. The molecule has 0 radical (unpaired) electrons. The van der Waals surface area contributed by atoms with Crippen molar-refractivity contribution in [3.8, 4) is 0 Å². The van der Waals surface area contributed by atoms with Crippen LogP contribution in [0.2, 0.25) is 0 Å². The highest BCUT2D eigenvalue weighted by Gasteiger charge is 2.28. The van der Waals surface area contributed by atoms with Crippen molar-refractivity contribution in [3.63, 3.8) is 0 Å². The summed E-state index contributed by atoms with van der Waals surface area (Å²) in [5.74, 6) is 0. The number of rotatable bonds is 5. The van der Waals surface area contributed by atoms with E-state index in [1.54, 1.807) is 4.90 Å². The highest BCUT2D eigenvalue weighted by atomic mass is 16.2. The minimum Gasteiger partial charge on any atom is -0.320 e. The summed E-state index contributed by atoms with van der Waals surface area (Å²) in [6.45, 7) is 10.0. The molecule has 4 rings (SSSR count). The smallest absolute Gasteiger partial charge is 0.320 e. The first kappa shape index (κ1) is 23.4. The SMILES string of the molecule is Cc1ccc(NC(=O)Nc2cc(C)ccc2N2CCCN(Cc3cc(C)cc(C)c3)C2=O)cc1. The standard InChI is InChI=1S/C28H32N4O2/c1-19-6-9-24(10-7-19)29-27(33)30-25-17-20(2)8-11-26(25)32-13-5-12-31(28(32)34)18-23-15-21(3)14-22(4)16-23/h6-11,14-17H,5,12-13,18H2,1-4H3,(H2,29,30,33). The lowest BCUT2D eigenvalue weighted by atomic mass is 10.1. The summed E-state index contributed by atoms with van der Waals surface area (Å²) in [4.78, 5) is 29.9. The van der Waals surface area contributed by atoms with E-state index in [0.29, 0.717) is 36.7 Å². The number of hydrogen-bond donors (Lipinski definition) is 2. The first-order chi connectivity index (χ1) is 16.3. The maximum absolute atomic E-state index is 13.5. The monoisotopic (exact) mass is 456 g/mol. The second kappa shape index (κ2) is 10.00. The molecule has 0 unspecified atom stereocenters. The molecule has 1 fully saturated rings. The molecule has 0 spiro atoms. The Kier molecular flexibility index (Phi) is 6.87. The number of hydrogen-bond acceptors (Lipinski definition) is 2. The van der Waals surface area contributed by atoms with E-state index in [1.807, 2.05) is 61.2 Å². The van der Waals surface area contributed by atoms with Crippen LogP contribution in [0.4, 0.5) is 26.7 Å². The van der Waals surface area contributed by atoms with Crippen molar-refractivity contribution < 1.29 is 9.59 Å². The largest absolute Gasteiger partial charge is 0.324 e. The molecule has 0 bridgehead atoms. The summed E-state index contributed by atoms with van der Waals surface area (Å²) in [5.41, 5.74) is 7.69. The number of urea groups is 2. The van der Waals surface area contributed by atoms with Crippen LogP contribution < -0.4 is 15.5 Å². The summed E-state index contributed by atoms with van der Waals surface area (Å²) >= 11 is 0. The third-order valence-corrected chi connectivity index (χ3v) is 5.97. The molecule has 6 heteroatoms. The fourth-order valence-corrected chi connectivity index (χ4v) is 4.44. The Balaban J connectivity index is 1.53. The Morgan fingerprint density at radius 1 is 0.794 bits per heavy atom. The Bertz CT molecular complexity index is 1180. The first-order valence-electron chi connectivity index (χ1n) is 11.7. The number of carbonyl (C=O) groups is 2. The summed E-state index contributed by atoms with van der Waals surface area (Å²) in [5, 5.41) is 5.82. The van der Waals surface area contributed by atoms with Crippen LogP contribution in [0.15, 0.2) is 60.7 Å². The van der Waals surface area contributed by atoms with E-state index in [1.165, 1.54) is 11.1 Å². The molecular weight excluding hydrogens is 424 g/mol. The van der Waals surface area contributed by atoms with Gasteiger partial charge in [-0.15, -0.1) is 0 Å². The van der Waals surface area contributed by atoms with E-state index in [-0.39, 0.29) is 12.1 Å². The van der Waals surface area contributed by atoms with Crippen molar-refractivity contribution in [2.24, 2.45) is 0 Å². The molecule has 2 N–H and O–H groups in total. The third kappa shape index (κ3) is 5.57. The van der Waals surface area contributed by atoms with Gasteiger partial charge in [0, 0.05) is 25.3 Å². The fraction of sp³-hybridized carbons (Fsp3) is 0.286. The normalized spacial score (nSPS) is 13.7. The van der Waals surface area contributed by atoms with Gasteiger partial charge in [-0.3, -0.25) is 4.90 Å². The van der Waals surface area contributed by atoms with Crippen LogP contribution >= 0.6 is 0 Å². The zero-order chi connectivity index (χ0) is 24.2. The van der Waals surface area contributed by atoms with Crippen LogP contribution in [-0.4, -0.2) is 30.1 Å². The molecule has 1 aliphatic heterocycles. The van der Waals surface area contributed by atoms with Crippen molar-refractivity contribution in [1.82, 2.24) is 4.90 Å². The summed E-state index contributed by atoms with van der Waals surface area (Å²) in [6.07, 6.45) is 0.861. The van der Waals surface area contributed by atoms with Gasteiger partial charge in [0.15, 0.2) is 0 Å². The van der Waals surface area contributed by atoms with Crippen LogP contribution in [0.25, 0.3) is 0 Å². The Morgan fingerprint density at radius 2 is 1.47 bits per heavy atom. The maximum Gasteiger partial charge on any atom is 0.324 e. The van der Waals surface area contributed by atoms with Crippen molar-refractivity contribution in [2.75, 3.05) is 28.6 Å². The molecule has 0 atom stereocenters. The number of nitrogens with one attached hydrogen (secondary N) is 2. The number of nitrogens with zero attached hydrogens (tertiary/aromatic N) is 2. The average Bonchev–Trinajstić information content (AvgIpc) is 2.77. The number of carbonyl (C=O) groups excluding carboxylic acids is 2. The van der Waals surface area contributed by atoms with Crippen molar-refractivity contribution in [3.05, 3.63) is 88.5 Å². The van der Waals surface area contributed by atoms with Crippen molar-refractivity contribution in [1.29, 1.82) is 0 Å². The van der Waals surface area contributed by atoms with Gasteiger partial charge in [-0.25, -0.2) is 9.59 Å². The lowest BCUT2D eigenvalue weighted by Gasteiger charge is -2.36. The topological polar surface area (TPSA) is 64.7 Å². The summed E-state index contributed by atoms with van der Waals surface area (Å²) in [7, 11) is 0. The molecule has 3 aromatic rings. The fourth-order valence-electron chi connectivity index (χ4n) is 4.44. The van der Waals surface area contributed by atoms with Crippen LogP contribution in [0.3, 0.4) is 0 Å². The van der Waals surface area contributed by atoms with Crippen LogP contribution in [0.5, 0.6) is 0 Å². The molecular formula is C28H32N4O2. The van der Waals surface area contributed by atoms with E-state index in [9.17, 15) is 9.59 Å². The minimum atomic E-state index is -0.341. The highest BCUT2D eigenvalue weighted by molar-refractivity contribution is 6.04. The lowest BCUT2D eigenvalue weighted by molar-refractivity contribution is 0.192. The molecule has 0 aliphatic carbocycles. The molecule has 0 saturated carbocycles. The molecule has 6 nitrogen and oxygen atoms in total. The van der Waals surface area contributed by atoms with Gasteiger partial charge in [0.25, 0.3) is 0 Å². The van der Waals surface area contributed by atoms with Crippen molar-refractivity contribution >= 4 is 29.1 Å². The number of benzene rings is 3. The molecule has 176 valence electrons. The Labute approximate surface area is 201 Å². The quantitative estimate of drug-likeness (QED) is 0.467. The van der Waals surface area contributed by atoms with E-state index in [2.05, 4.69) is 42.7 Å². The minimum absolute atomic E-state index is 0.0451. The summed E-state index contributed by atoms with van der Waals surface area (Å²) in [6, 6.07) is 19.4. The third-order valence-electron chi connectivity index (χ3n) is 5.97. The number of amides is 4. The highest BCUT2D eigenvalue weighted by Crippen LogP contribution is 2.30. The predicted molar refractivity (Wildman–Crippen MR) is 139 cm³/mol. The Hall–Kier alpha value is -3.80.